The molecule has 2 amide bonds. The Labute approximate surface area is 199 Å². The first-order valence-electron chi connectivity index (χ1n) is 10.9. The predicted molar refractivity (Wildman–Crippen MR) is 128 cm³/mol. The maximum atomic E-state index is 12.1. The fraction of sp³-hybridized carbons (Fsp3) is 0.636. The minimum Gasteiger partial charge on any atom is -0.490 e. The average molecular weight is 483 g/mol. The first-order valence-corrected chi connectivity index (χ1v) is 12.1. The lowest BCUT2D eigenvalue weighted by molar-refractivity contribution is -0.385. The van der Waals surface area contributed by atoms with Crippen molar-refractivity contribution in [1.29, 1.82) is 0 Å². The summed E-state index contributed by atoms with van der Waals surface area (Å²) in [6.07, 6.45) is 0.559. The monoisotopic (exact) mass is 482 g/mol. The van der Waals surface area contributed by atoms with E-state index in [9.17, 15) is 19.7 Å². The Hall–Kier alpha value is -2.53. The molecule has 0 aliphatic carbocycles. The molecule has 184 valence electrons. The van der Waals surface area contributed by atoms with Crippen LogP contribution in [0.15, 0.2) is 18.2 Å². The first kappa shape index (κ1) is 26.7. The number of nitrogens with zero attached hydrogens (tertiary/aromatic N) is 3. The molecule has 1 aromatic carbocycles. The summed E-state index contributed by atoms with van der Waals surface area (Å²) in [5.74, 6) is 0.949. The van der Waals surface area contributed by atoms with Gasteiger partial charge in [-0.25, -0.2) is 4.79 Å². The third-order valence-corrected chi connectivity index (χ3v) is 5.94. The van der Waals surface area contributed by atoms with Crippen LogP contribution in [-0.4, -0.2) is 84.5 Å². The summed E-state index contributed by atoms with van der Waals surface area (Å²) in [6, 6.07) is 4.81. The standard InChI is InChI=1S/C22H34N4O6S/c1-22(2,3)32-21(28)25-12-10-24(11-13-25)9-5-8-23-20(27)16-33-15-17-6-7-19(31-4)18(14-17)26(29)30/h6-7,14H,5,8-13,15-16H2,1-4H3,(H,23,27). The largest absolute Gasteiger partial charge is 0.490 e. The summed E-state index contributed by atoms with van der Waals surface area (Å²) in [5, 5.41) is 14.0. The van der Waals surface area contributed by atoms with E-state index in [1.807, 2.05) is 20.8 Å². The molecule has 0 spiro atoms. The number of thioether (sulfide) groups is 1. The van der Waals surface area contributed by atoms with Gasteiger partial charge in [-0.3, -0.25) is 19.8 Å². The molecule has 0 bridgehead atoms. The lowest BCUT2D eigenvalue weighted by Gasteiger charge is -2.35. The number of nitro benzene ring substituents is 1. The van der Waals surface area contributed by atoms with Crippen molar-refractivity contribution in [2.45, 2.75) is 38.5 Å². The predicted octanol–water partition coefficient (Wildman–Crippen LogP) is 2.90. The third-order valence-electron chi connectivity index (χ3n) is 4.94. The molecule has 10 nitrogen and oxygen atoms in total. The van der Waals surface area contributed by atoms with Gasteiger partial charge >= 0.3 is 11.8 Å². The average Bonchev–Trinajstić information content (AvgIpc) is 2.75. The second kappa shape index (κ2) is 12.6. The van der Waals surface area contributed by atoms with Crippen LogP contribution in [-0.2, 0) is 15.3 Å². The highest BCUT2D eigenvalue weighted by Crippen LogP contribution is 2.28. The van der Waals surface area contributed by atoms with Crippen molar-refractivity contribution in [1.82, 2.24) is 15.1 Å². The zero-order chi connectivity index (χ0) is 24.4. The highest BCUT2D eigenvalue weighted by Gasteiger charge is 2.25. The summed E-state index contributed by atoms with van der Waals surface area (Å²) < 4.78 is 10.4. The topological polar surface area (TPSA) is 114 Å². The number of hydrogen-bond donors (Lipinski definition) is 1. The van der Waals surface area contributed by atoms with Gasteiger partial charge in [0.15, 0.2) is 5.75 Å². The van der Waals surface area contributed by atoms with Crippen LogP contribution < -0.4 is 10.1 Å². The Morgan fingerprint density at radius 3 is 2.52 bits per heavy atom. The number of benzene rings is 1. The minimum atomic E-state index is -0.489. The van der Waals surface area contributed by atoms with Gasteiger partial charge in [0.05, 0.1) is 17.8 Å². The number of piperazine rings is 1. The molecule has 1 heterocycles. The molecule has 1 N–H and O–H groups in total. The molecule has 1 aliphatic heterocycles. The SMILES string of the molecule is COc1ccc(CSCC(=O)NCCCN2CCN(C(=O)OC(C)(C)C)CC2)cc1[N+](=O)[O-]. The number of carbonyl (C=O) groups is 2. The van der Waals surface area contributed by atoms with Crippen LogP contribution >= 0.6 is 11.8 Å². The van der Waals surface area contributed by atoms with Crippen LogP contribution in [0.1, 0.15) is 32.8 Å². The van der Waals surface area contributed by atoms with E-state index in [1.165, 1.54) is 24.9 Å². The maximum Gasteiger partial charge on any atom is 0.410 e. The van der Waals surface area contributed by atoms with E-state index in [4.69, 9.17) is 9.47 Å². The van der Waals surface area contributed by atoms with Gasteiger partial charge < -0.3 is 19.7 Å². The van der Waals surface area contributed by atoms with Crippen molar-refractivity contribution >= 4 is 29.4 Å². The molecule has 1 fully saturated rings. The van der Waals surface area contributed by atoms with Crippen molar-refractivity contribution < 1.29 is 24.0 Å². The molecule has 1 saturated heterocycles. The Morgan fingerprint density at radius 1 is 1.21 bits per heavy atom. The van der Waals surface area contributed by atoms with Crippen molar-refractivity contribution in [3.8, 4) is 5.75 Å². The number of amides is 2. The minimum absolute atomic E-state index is 0.0576. The van der Waals surface area contributed by atoms with Crippen molar-refractivity contribution in [2.24, 2.45) is 0 Å². The number of hydrogen-bond acceptors (Lipinski definition) is 8. The van der Waals surface area contributed by atoms with Gasteiger partial charge in [-0.2, -0.15) is 0 Å². The summed E-state index contributed by atoms with van der Waals surface area (Å²) in [7, 11) is 1.39. The van der Waals surface area contributed by atoms with Gasteiger partial charge in [0.1, 0.15) is 5.60 Å². The van der Waals surface area contributed by atoms with Gasteiger partial charge in [-0.1, -0.05) is 6.07 Å². The van der Waals surface area contributed by atoms with Gasteiger partial charge in [0, 0.05) is 44.5 Å². The van der Waals surface area contributed by atoms with Crippen LogP contribution in [0.5, 0.6) is 5.75 Å². The van der Waals surface area contributed by atoms with Gasteiger partial charge in [-0.15, -0.1) is 11.8 Å². The number of rotatable bonds is 10. The number of ether oxygens (including phenoxy) is 2. The van der Waals surface area contributed by atoms with Crippen LogP contribution in [0.3, 0.4) is 0 Å². The molecule has 0 unspecified atom stereocenters. The van der Waals surface area contributed by atoms with Gasteiger partial charge in [-0.05, 0) is 45.4 Å². The van der Waals surface area contributed by atoms with Crippen molar-refractivity contribution in [3.63, 3.8) is 0 Å². The molecule has 33 heavy (non-hydrogen) atoms. The molecule has 0 atom stereocenters. The number of nitrogens with one attached hydrogen (secondary N) is 1. The summed E-state index contributed by atoms with van der Waals surface area (Å²) >= 11 is 1.41. The molecule has 0 radical (unpaired) electrons. The summed E-state index contributed by atoms with van der Waals surface area (Å²) in [5.41, 5.74) is 0.204. The van der Waals surface area contributed by atoms with Crippen LogP contribution in [0.25, 0.3) is 0 Å². The van der Waals surface area contributed by atoms with E-state index in [-0.39, 0.29) is 29.2 Å². The van der Waals surface area contributed by atoms with E-state index in [0.717, 1.165) is 31.6 Å². The lowest BCUT2D eigenvalue weighted by Crippen LogP contribution is -2.50. The third kappa shape index (κ3) is 9.47. The molecule has 0 saturated carbocycles. The maximum absolute atomic E-state index is 12.1. The second-order valence-corrected chi connectivity index (χ2v) is 9.75. The van der Waals surface area contributed by atoms with Crippen LogP contribution in [0.2, 0.25) is 0 Å². The van der Waals surface area contributed by atoms with Crippen molar-refractivity contribution in [2.75, 3.05) is 52.1 Å². The van der Waals surface area contributed by atoms with Crippen LogP contribution in [0.4, 0.5) is 10.5 Å². The number of nitro groups is 1. The molecule has 0 aromatic heterocycles. The zero-order valence-electron chi connectivity index (χ0n) is 19.8. The first-order chi connectivity index (χ1) is 15.6. The normalized spacial score (nSPS) is 14.6. The Morgan fingerprint density at radius 2 is 1.91 bits per heavy atom. The van der Waals surface area contributed by atoms with E-state index >= 15 is 0 Å². The molecular formula is C22H34N4O6S. The highest BCUT2D eigenvalue weighted by atomic mass is 32.2. The van der Waals surface area contributed by atoms with E-state index < -0.39 is 10.5 Å². The van der Waals surface area contributed by atoms with Crippen molar-refractivity contribution in [3.05, 3.63) is 33.9 Å². The molecule has 11 heteroatoms. The van der Waals surface area contributed by atoms with E-state index in [2.05, 4.69) is 10.2 Å². The zero-order valence-corrected chi connectivity index (χ0v) is 20.6. The lowest BCUT2D eigenvalue weighted by atomic mass is 10.2. The van der Waals surface area contributed by atoms with Gasteiger partial charge in [0.25, 0.3) is 0 Å². The summed E-state index contributed by atoms with van der Waals surface area (Å²) in [6.45, 7) is 9.87. The highest BCUT2D eigenvalue weighted by molar-refractivity contribution is 7.99. The fourth-order valence-electron chi connectivity index (χ4n) is 3.29. The number of carbonyl (C=O) groups excluding carboxylic acids is 2. The number of methoxy groups -OCH3 is 1. The Balaban J connectivity index is 1.59. The Kier molecular flexibility index (Phi) is 10.2. The molecule has 1 aliphatic rings. The molecule has 2 rings (SSSR count). The molecular weight excluding hydrogens is 448 g/mol. The smallest absolute Gasteiger partial charge is 0.410 e. The molecule has 1 aromatic rings. The quantitative estimate of drug-likeness (QED) is 0.308. The fourth-order valence-corrected chi connectivity index (χ4v) is 4.10. The van der Waals surface area contributed by atoms with Gasteiger partial charge in [0.2, 0.25) is 5.91 Å². The Bertz CT molecular complexity index is 822. The second-order valence-electron chi connectivity index (χ2n) is 8.77. The van der Waals surface area contributed by atoms with Crippen LogP contribution in [0, 0.1) is 10.1 Å². The van der Waals surface area contributed by atoms with E-state index in [0.29, 0.717) is 25.4 Å². The van der Waals surface area contributed by atoms with E-state index in [1.54, 1.807) is 17.0 Å². The summed E-state index contributed by atoms with van der Waals surface area (Å²) in [4.78, 5) is 38.8.